The number of aromatic nitrogens is 2. The molecule has 2 fully saturated rings. The average Bonchev–Trinajstić information content (AvgIpc) is 3.18. The molecular weight excluding hydrogens is 1150 g/mol. The third-order valence-corrected chi connectivity index (χ3v) is 15.6. The molecule has 14 nitrogen and oxygen atoms in total. The third kappa shape index (κ3) is 17.9. The number of fused-ring (bicyclic) bond motifs is 2. The molecule has 8 aromatic rings. The summed E-state index contributed by atoms with van der Waals surface area (Å²) in [5, 5.41) is 22.3. The third-order valence-electron chi connectivity index (χ3n) is 14.5. The number of aryl methyl sites for hydroxylation is 4. The molecule has 0 bridgehead atoms. The normalized spacial score (nSPS) is 16.6. The first-order valence-electron chi connectivity index (χ1n) is 26.9. The van der Waals surface area contributed by atoms with Crippen molar-refractivity contribution in [2.45, 2.75) is 110 Å². The Labute approximate surface area is 502 Å². The van der Waals surface area contributed by atoms with Gasteiger partial charge in [0.25, 0.3) is 0 Å². The van der Waals surface area contributed by atoms with Crippen LogP contribution >= 0.6 is 15.9 Å². The fourth-order valence-corrected chi connectivity index (χ4v) is 8.99. The number of aliphatic hydroxyl groups is 2. The van der Waals surface area contributed by atoms with E-state index in [4.69, 9.17) is 35.8 Å². The largest absolute Gasteiger partial charge is 0.381 e. The van der Waals surface area contributed by atoms with Gasteiger partial charge in [-0.15, -0.1) is 0 Å². The maximum Gasteiger partial charge on any atom is 0.190 e. The van der Waals surface area contributed by atoms with Gasteiger partial charge in [0.1, 0.15) is 34.0 Å². The minimum atomic E-state index is -1.56. The lowest BCUT2D eigenvalue weighted by Crippen LogP contribution is -2.40. The summed E-state index contributed by atoms with van der Waals surface area (Å²) in [6.07, 6.45) is 4.56. The molecule has 4 atom stereocenters. The number of hydrogen-bond donors (Lipinski definition) is 3. The lowest BCUT2D eigenvalue weighted by Gasteiger charge is -2.23. The van der Waals surface area contributed by atoms with E-state index in [0.29, 0.717) is 48.8 Å². The molecule has 0 saturated carbocycles. The minimum absolute atomic E-state index is 0.0833. The van der Waals surface area contributed by atoms with Crippen LogP contribution in [0.4, 0.5) is 31.5 Å². The topological polar surface area (TPSA) is 172 Å². The highest BCUT2D eigenvalue weighted by atomic mass is 79.9. The standard InChI is InChI=1S/C21H19FN2O2.C13H14BrNO2.2C13H13NO2.C8H6FN/c1-14-10-15(4-6-18(14)23-3)11-20(25)21(2,26)13-24-9-8-16-12-17(22)5-7-19(16)24;1-9-6-10(4-5-11(9)15-3)7-12(16)13(2,17)8-14;2*1-9-6-10(4-5-11(9)14-3)7-12(15)13(2)8-16-13;9-7-1-2-8-6(5-7)3-4-10-8/h4-10,12,26H,11,13H2,1-2H3;4-6,17H,7-8H2,1-2H3;2*4-6H,7-8H2,1-2H3;1-5,10H/t21-;3*13-;/m1111./s1. The van der Waals surface area contributed by atoms with Crippen molar-refractivity contribution in [2.24, 2.45) is 0 Å². The van der Waals surface area contributed by atoms with E-state index in [1.807, 2.05) is 77.9 Å². The molecule has 0 amide bonds. The highest BCUT2D eigenvalue weighted by Gasteiger charge is 2.47. The number of nitrogens with zero attached hydrogens (tertiary/aromatic N) is 5. The lowest BCUT2D eigenvalue weighted by molar-refractivity contribution is -0.136. The minimum Gasteiger partial charge on any atom is -0.381 e. The lowest BCUT2D eigenvalue weighted by atomic mass is 9.94. The Hall–Kier alpha value is -8.78. The van der Waals surface area contributed by atoms with Crippen LogP contribution in [-0.4, -0.2) is 83.8 Å². The molecule has 10 rings (SSSR count). The quantitative estimate of drug-likeness (QED) is 0.0517. The molecule has 436 valence electrons. The average molecular weight is 1210 g/mol. The Bertz CT molecular complexity index is 3890. The van der Waals surface area contributed by atoms with E-state index in [2.05, 4.69) is 40.3 Å². The Kier molecular flexibility index (Phi) is 21.7. The number of ether oxygens (including phenoxy) is 2. The van der Waals surface area contributed by atoms with Crippen molar-refractivity contribution >= 4 is 83.6 Å². The Balaban J connectivity index is 0.000000175. The van der Waals surface area contributed by atoms with Crippen LogP contribution < -0.4 is 0 Å². The molecule has 2 aromatic heterocycles. The first-order valence-corrected chi connectivity index (χ1v) is 28.1. The van der Waals surface area contributed by atoms with E-state index in [-0.39, 0.29) is 59.5 Å². The molecule has 6 aromatic carbocycles. The van der Waals surface area contributed by atoms with Gasteiger partial charge >= 0.3 is 0 Å². The van der Waals surface area contributed by atoms with Gasteiger partial charge in [-0.05, 0) is 148 Å². The second-order valence-electron chi connectivity index (χ2n) is 21.9. The SMILES string of the molecule is Fc1ccc2[nH]ccc2c1.[C-]#[N+]c1ccc(CC(=O)[C@@]2(C)CO2)cc1C.[C-]#[N+]c1ccc(CC(=O)[C@@]2(C)CO2)cc1C.[C-]#[N+]c1ccc(CC(=O)[C@](C)(O)CBr)cc1C.[C-]#[N+]c1ccc(CC(=O)[C@](C)(O)Cn2ccc3cc(F)ccc32)cc1C. The smallest absolute Gasteiger partial charge is 0.190 e. The summed E-state index contributed by atoms with van der Waals surface area (Å²) in [6, 6.07) is 34.2. The van der Waals surface area contributed by atoms with Crippen molar-refractivity contribution in [3.63, 3.8) is 0 Å². The first-order chi connectivity index (χ1) is 40.2. The number of benzene rings is 6. The number of H-pyrrole nitrogens is 1. The summed E-state index contributed by atoms with van der Waals surface area (Å²) in [4.78, 5) is 64.5. The van der Waals surface area contributed by atoms with Crippen LogP contribution in [0.2, 0.25) is 0 Å². The van der Waals surface area contributed by atoms with Crippen LogP contribution in [0.1, 0.15) is 72.2 Å². The monoisotopic (exact) mass is 1210 g/mol. The van der Waals surface area contributed by atoms with Crippen molar-refractivity contribution in [1.29, 1.82) is 0 Å². The van der Waals surface area contributed by atoms with Gasteiger partial charge in [0.15, 0.2) is 45.9 Å². The molecule has 2 saturated heterocycles. The zero-order valence-electron chi connectivity index (χ0n) is 48.6. The van der Waals surface area contributed by atoms with Gasteiger partial charge in [-0.25, -0.2) is 28.2 Å². The maximum atomic E-state index is 13.3. The Morgan fingerprint density at radius 3 is 1.32 bits per heavy atom. The summed E-state index contributed by atoms with van der Waals surface area (Å²) in [5.41, 5.74) is 7.15. The van der Waals surface area contributed by atoms with Crippen LogP contribution in [0.25, 0.3) is 41.2 Å². The van der Waals surface area contributed by atoms with E-state index in [0.717, 1.165) is 66.3 Å². The molecule has 2 aliphatic heterocycles. The van der Waals surface area contributed by atoms with Crippen LogP contribution in [0.5, 0.6) is 0 Å². The number of rotatable bonds is 15. The molecule has 0 radical (unpaired) electrons. The van der Waals surface area contributed by atoms with Crippen molar-refractivity contribution in [1.82, 2.24) is 9.55 Å². The Morgan fingerprint density at radius 1 is 0.565 bits per heavy atom. The van der Waals surface area contributed by atoms with E-state index < -0.39 is 22.4 Å². The zero-order chi connectivity index (χ0) is 62.4. The van der Waals surface area contributed by atoms with Crippen molar-refractivity contribution in [3.8, 4) is 0 Å². The van der Waals surface area contributed by atoms with Crippen LogP contribution in [0.3, 0.4) is 0 Å². The predicted octanol–water partition coefficient (Wildman–Crippen LogP) is 14.2. The summed E-state index contributed by atoms with van der Waals surface area (Å²) in [7, 11) is 0. The number of alkyl halides is 1. The number of epoxide rings is 2. The number of hydrogen-bond acceptors (Lipinski definition) is 8. The summed E-state index contributed by atoms with van der Waals surface area (Å²) < 4.78 is 37.8. The highest BCUT2D eigenvalue weighted by Crippen LogP contribution is 2.31. The molecule has 17 heteroatoms. The fourth-order valence-electron chi connectivity index (χ4n) is 8.67. The first kappa shape index (κ1) is 65.4. The van der Waals surface area contributed by atoms with E-state index in [1.165, 1.54) is 38.1 Å². The van der Waals surface area contributed by atoms with Gasteiger partial charge in [0.05, 0.1) is 46.0 Å². The fraction of sp³-hybridized carbons (Fsp3) is 0.294. The Morgan fingerprint density at radius 2 is 0.941 bits per heavy atom. The number of aromatic amines is 1. The molecule has 0 spiro atoms. The molecule has 0 aliphatic carbocycles. The van der Waals surface area contributed by atoms with Crippen LogP contribution in [-0.2, 0) is 60.9 Å². The molecule has 3 N–H and O–H groups in total. The molecule has 85 heavy (non-hydrogen) atoms. The molecule has 0 unspecified atom stereocenters. The van der Waals surface area contributed by atoms with Crippen molar-refractivity contribution < 1.29 is 47.6 Å². The number of Topliss-reactive ketones (excluding diaryl/α,β-unsaturated/α-hetero) is 4. The van der Waals surface area contributed by atoms with Crippen LogP contribution in [0.15, 0.2) is 134 Å². The van der Waals surface area contributed by atoms with Gasteiger partial charge in [0, 0.05) is 65.2 Å². The van der Waals surface area contributed by atoms with Gasteiger partial charge in [-0.3, -0.25) is 19.2 Å². The summed E-state index contributed by atoms with van der Waals surface area (Å²) in [6.45, 7) is 43.1. The van der Waals surface area contributed by atoms with Gasteiger partial charge in [-0.1, -0.05) is 88.7 Å². The molecule has 2 aliphatic rings. The number of halogens is 3. The van der Waals surface area contributed by atoms with Crippen molar-refractivity contribution in [3.05, 3.63) is 236 Å². The second kappa shape index (κ2) is 28.2. The van der Waals surface area contributed by atoms with E-state index >= 15 is 0 Å². The number of carbonyl (C=O) groups excluding carboxylic acids is 4. The summed E-state index contributed by atoms with van der Waals surface area (Å²) in [5.74, 6) is -0.825. The van der Waals surface area contributed by atoms with Crippen LogP contribution in [0, 0.1) is 65.6 Å². The van der Waals surface area contributed by atoms with Gasteiger partial charge in [0.2, 0.25) is 0 Å². The number of nitrogens with one attached hydrogen (secondary N) is 1. The van der Waals surface area contributed by atoms with E-state index in [9.17, 15) is 38.2 Å². The van der Waals surface area contributed by atoms with Crippen molar-refractivity contribution in [2.75, 3.05) is 18.5 Å². The zero-order valence-corrected chi connectivity index (χ0v) is 50.2. The summed E-state index contributed by atoms with van der Waals surface area (Å²) >= 11 is 3.11. The van der Waals surface area contributed by atoms with Gasteiger partial charge in [-0.2, -0.15) is 0 Å². The van der Waals surface area contributed by atoms with E-state index in [1.54, 1.807) is 77.6 Å². The second-order valence-corrected chi connectivity index (χ2v) is 22.5. The highest BCUT2D eigenvalue weighted by molar-refractivity contribution is 9.09. The molecular formula is C68H65BrF2N6O8. The number of ketones is 4. The number of carbonyl (C=O) groups is 4. The molecule has 4 heterocycles. The maximum absolute atomic E-state index is 13.3. The predicted molar refractivity (Wildman–Crippen MR) is 329 cm³/mol. The van der Waals surface area contributed by atoms with Gasteiger partial charge < -0.3 is 29.2 Å².